The molecule has 40 heavy (non-hydrogen) atoms. The Morgan fingerprint density at radius 1 is 0.975 bits per heavy atom. The second kappa shape index (κ2) is 13.6. The van der Waals surface area contributed by atoms with Crippen LogP contribution in [0.4, 0.5) is 5.82 Å². The number of halogens is 1. The first-order valence-electron chi connectivity index (χ1n) is 12.3. The average Bonchev–Trinajstić information content (AvgIpc) is 2.97. The maximum atomic E-state index is 13.3. The van der Waals surface area contributed by atoms with Gasteiger partial charge in [0.25, 0.3) is 15.9 Å². The number of ether oxygens (including phenoxy) is 2. The number of amides is 1. The highest BCUT2D eigenvalue weighted by molar-refractivity contribution is 7.92. The number of carbonyl (C=O) groups is 1. The SMILES string of the molecule is CCOc1cc(/C=N\NC(=O)CN(c2ccccn2)S(=O)(=O)c2ccccc2)ccc1OCc1ccc(Cl)cc1. The number of hydrazone groups is 1. The number of nitrogens with one attached hydrogen (secondary N) is 1. The van der Waals surface area contributed by atoms with E-state index in [0.717, 1.165) is 9.87 Å². The van der Waals surface area contributed by atoms with Crippen molar-refractivity contribution in [3.05, 3.63) is 113 Å². The van der Waals surface area contributed by atoms with Crippen LogP contribution in [0.25, 0.3) is 0 Å². The first-order valence-corrected chi connectivity index (χ1v) is 14.1. The predicted molar refractivity (Wildman–Crippen MR) is 154 cm³/mol. The van der Waals surface area contributed by atoms with Crippen molar-refractivity contribution in [3.8, 4) is 11.5 Å². The highest BCUT2D eigenvalue weighted by Gasteiger charge is 2.27. The molecule has 9 nitrogen and oxygen atoms in total. The van der Waals surface area contributed by atoms with E-state index in [1.807, 2.05) is 19.1 Å². The number of aromatic nitrogens is 1. The van der Waals surface area contributed by atoms with Crippen LogP contribution in [0.1, 0.15) is 18.1 Å². The summed E-state index contributed by atoms with van der Waals surface area (Å²) in [5.41, 5.74) is 3.98. The molecule has 0 unspecified atom stereocenters. The minimum absolute atomic E-state index is 0.0405. The number of hydrogen-bond acceptors (Lipinski definition) is 7. The van der Waals surface area contributed by atoms with Gasteiger partial charge in [0.1, 0.15) is 19.0 Å². The van der Waals surface area contributed by atoms with Gasteiger partial charge in [-0.05, 0) is 72.6 Å². The molecule has 0 atom stereocenters. The van der Waals surface area contributed by atoms with Crippen LogP contribution < -0.4 is 19.2 Å². The zero-order valence-electron chi connectivity index (χ0n) is 21.6. The fourth-order valence-electron chi connectivity index (χ4n) is 3.59. The smallest absolute Gasteiger partial charge is 0.265 e. The lowest BCUT2D eigenvalue weighted by Gasteiger charge is -2.22. The van der Waals surface area contributed by atoms with Gasteiger partial charge < -0.3 is 9.47 Å². The topological polar surface area (TPSA) is 110 Å². The maximum absolute atomic E-state index is 13.3. The van der Waals surface area contributed by atoms with Gasteiger partial charge in [0, 0.05) is 11.2 Å². The van der Waals surface area contributed by atoms with Gasteiger partial charge in [0.05, 0.1) is 17.7 Å². The van der Waals surface area contributed by atoms with Gasteiger partial charge >= 0.3 is 0 Å². The Morgan fingerprint density at radius 2 is 1.73 bits per heavy atom. The lowest BCUT2D eigenvalue weighted by Crippen LogP contribution is -2.40. The Balaban J connectivity index is 1.44. The largest absolute Gasteiger partial charge is 0.490 e. The van der Waals surface area contributed by atoms with Crippen LogP contribution in [0, 0.1) is 0 Å². The summed E-state index contributed by atoms with van der Waals surface area (Å²) in [5, 5.41) is 4.65. The third-order valence-electron chi connectivity index (χ3n) is 5.50. The molecular formula is C29H27ClN4O5S. The van der Waals surface area contributed by atoms with Crippen molar-refractivity contribution >= 4 is 39.6 Å². The van der Waals surface area contributed by atoms with Crippen molar-refractivity contribution < 1.29 is 22.7 Å². The van der Waals surface area contributed by atoms with Crippen molar-refractivity contribution in [2.24, 2.45) is 5.10 Å². The van der Waals surface area contributed by atoms with E-state index in [-0.39, 0.29) is 10.7 Å². The van der Waals surface area contributed by atoms with Crippen LogP contribution in [-0.4, -0.2) is 38.7 Å². The Kier molecular flexibility index (Phi) is 9.71. The minimum atomic E-state index is -4.05. The molecule has 0 radical (unpaired) electrons. The normalized spacial score (nSPS) is 11.2. The van der Waals surface area contributed by atoms with Crippen molar-refractivity contribution in [2.45, 2.75) is 18.4 Å². The first-order chi connectivity index (χ1) is 19.4. The highest BCUT2D eigenvalue weighted by Crippen LogP contribution is 2.29. The zero-order chi connectivity index (χ0) is 28.4. The average molecular weight is 579 g/mol. The number of carbonyl (C=O) groups excluding carboxylic acids is 1. The van der Waals surface area contributed by atoms with Crippen molar-refractivity contribution in [2.75, 3.05) is 17.5 Å². The second-order valence-electron chi connectivity index (χ2n) is 8.36. The van der Waals surface area contributed by atoms with Crippen LogP contribution in [0.3, 0.4) is 0 Å². The first kappa shape index (κ1) is 28.6. The molecule has 0 aliphatic carbocycles. The van der Waals surface area contributed by atoms with Gasteiger partial charge in [0.15, 0.2) is 11.5 Å². The number of anilines is 1. The summed E-state index contributed by atoms with van der Waals surface area (Å²) in [7, 11) is -4.05. The van der Waals surface area contributed by atoms with E-state index in [0.29, 0.717) is 35.3 Å². The molecule has 1 amide bonds. The molecule has 206 valence electrons. The Hall–Kier alpha value is -4.41. The van der Waals surface area contributed by atoms with Crippen LogP contribution in [0.15, 0.2) is 107 Å². The molecule has 0 fully saturated rings. The van der Waals surface area contributed by atoms with Crippen molar-refractivity contribution in [1.82, 2.24) is 10.4 Å². The summed E-state index contributed by atoms with van der Waals surface area (Å²) in [4.78, 5) is 16.9. The Morgan fingerprint density at radius 3 is 2.42 bits per heavy atom. The monoisotopic (exact) mass is 578 g/mol. The molecule has 0 aliphatic rings. The van der Waals surface area contributed by atoms with E-state index >= 15 is 0 Å². The number of hydrogen-bond donors (Lipinski definition) is 1. The van der Waals surface area contributed by atoms with Crippen LogP contribution >= 0.6 is 11.6 Å². The lowest BCUT2D eigenvalue weighted by atomic mass is 10.2. The Labute approximate surface area is 238 Å². The molecule has 4 rings (SSSR count). The summed E-state index contributed by atoms with van der Waals surface area (Å²) in [5.74, 6) is 0.535. The standard InChI is InChI=1S/C29H27ClN4O5S/c1-2-38-27-18-23(13-16-26(27)39-21-22-11-14-24(30)15-12-22)19-32-33-29(35)20-34(28-10-6-7-17-31-28)40(36,37)25-8-4-3-5-9-25/h3-19H,2,20-21H2,1H3,(H,33,35)/b32-19-. The molecule has 4 aromatic rings. The third kappa shape index (κ3) is 7.58. The van der Waals surface area contributed by atoms with Gasteiger partial charge in [-0.2, -0.15) is 5.10 Å². The minimum Gasteiger partial charge on any atom is -0.490 e. The van der Waals surface area contributed by atoms with Crippen molar-refractivity contribution in [1.29, 1.82) is 0 Å². The number of benzene rings is 3. The number of nitrogens with zero attached hydrogens (tertiary/aromatic N) is 3. The maximum Gasteiger partial charge on any atom is 0.265 e. The van der Waals surface area contributed by atoms with E-state index < -0.39 is 22.5 Å². The molecule has 0 saturated carbocycles. The molecule has 0 saturated heterocycles. The predicted octanol–water partition coefficient (Wildman–Crippen LogP) is 5.06. The third-order valence-corrected chi connectivity index (χ3v) is 7.52. The molecule has 0 spiro atoms. The molecule has 1 N–H and O–H groups in total. The van der Waals surface area contributed by atoms with Crippen LogP contribution in [0.2, 0.25) is 5.02 Å². The van der Waals surface area contributed by atoms with Gasteiger partial charge in [-0.25, -0.2) is 23.1 Å². The van der Waals surface area contributed by atoms with E-state index in [1.54, 1.807) is 60.7 Å². The summed E-state index contributed by atoms with van der Waals surface area (Å²) in [6.07, 6.45) is 2.89. The van der Waals surface area contributed by atoms with E-state index in [2.05, 4.69) is 15.5 Å². The van der Waals surface area contributed by atoms with E-state index in [9.17, 15) is 13.2 Å². The summed E-state index contributed by atoms with van der Waals surface area (Å²) in [6.45, 7) is 2.10. The number of rotatable bonds is 12. The number of pyridine rings is 1. The fourth-order valence-corrected chi connectivity index (χ4v) is 5.11. The van der Waals surface area contributed by atoms with Gasteiger partial charge in [-0.1, -0.05) is 48.0 Å². The molecule has 1 heterocycles. The summed E-state index contributed by atoms with van der Waals surface area (Å²) < 4.78 is 39.2. The van der Waals surface area contributed by atoms with Gasteiger partial charge in [0.2, 0.25) is 0 Å². The van der Waals surface area contributed by atoms with Crippen LogP contribution in [-0.2, 0) is 21.4 Å². The van der Waals surface area contributed by atoms with Crippen LogP contribution in [0.5, 0.6) is 11.5 Å². The molecule has 3 aromatic carbocycles. The Bertz CT molecular complexity index is 1550. The second-order valence-corrected chi connectivity index (χ2v) is 10.7. The van der Waals surface area contributed by atoms with E-state index in [1.165, 1.54) is 30.6 Å². The van der Waals surface area contributed by atoms with E-state index in [4.69, 9.17) is 21.1 Å². The molecule has 11 heteroatoms. The molecular weight excluding hydrogens is 552 g/mol. The zero-order valence-corrected chi connectivity index (χ0v) is 23.2. The van der Waals surface area contributed by atoms with Gasteiger partial charge in [-0.3, -0.25) is 4.79 Å². The fraction of sp³-hybridized carbons (Fsp3) is 0.138. The molecule has 1 aromatic heterocycles. The molecule has 0 bridgehead atoms. The highest BCUT2D eigenvalue weighted by atomic mass is 35.5. The quantitative estimate of drug-likeness (QED) is 0.186. The van der Waals surface area contributed by atoms with Crippen molar-refractivity contribution in [3.63, 3.8) is 0 Å². The number of sulfonamides is 1. The van der Waals surface area contributed by atoms with Gasteiger partial charge in [-0.15, -0.1) is 0 Å². The lowest BCUT2D eigenvalue weighted by molar-refractivity contribution is -0.119. The summed E-state index contributed by atoms with van der Waals surface area (Å²) >= 11 is 5.94. The summed E-state index contributed by atoms with van der Waals surface area (Å²) in [6, 6.07) is 25.3. The molecule has 0 aliphatic heterocycles.